The molecule has 2 rings (SSSR count). The van der Waals surface area contributed by atoms with Gasteiger partial charge in [-0.25, -0.2) is 0 Å². The number of hydrogen-bond acceptors (Lipinski definition) is 2. The standard InChI is InChI=1S/C16H18BrNO/c1-12-6-3-4-9-15(12)18-16(2,11-19)13-7-5-8-14(17)10-13/h3-10,18-19H,11H2,1-2H3. The van der Waals surface area contributed by atoms with E-state index in [9.17, 15) is 5.11 Å². The number of aliphatic hydroxyl groups excluding tert-OH is 1. The molecule has 0 aliphatic heterocycles. The molecule has 0 radical (unpaired) electrons. The van der Waals surface area contributed by atoms with Gasteiger partial charge in [0.15, 0.2) is 0 Å². The van der Waals surface area contributed by atoms with Crippen LogP contribution in [-0.2, 0) is 5.54 Å². The molecular formula is C16H18BrNO. The molecule has 0 aliphatic carbocycles. The van der Waals surface area contributed by atoms with Crippen molar-refractivity contribution in [3.8, 4) is 0 Å². The van der Waals surface area contributed by atoms with Crippen LogP contribution in [0.4, 0.5) is 5.69 Å². The second kappa shape index (κ2) is 5.76. The SMILES string of the molecule is Cc1ccccc1NC(C)(CO)c1cccc(Br)c1. The Morgan fingerprint density at radius 1 is 1.16 bits per heavy atom. The van der Waals surface area contributed by atoms with Crippen molar-refractivity contribution in [2.45, 2.75) is 19.4 Å². The molecule has 2 nitrogen and oxygen atoms in total. The molecule has 0 saturated carbocycles. The lowest BCUT2D eigenvalue weighted by Crippen LogP contribution is -2.36. The summed E-state index contributed by atoms with van der Waals surface area (Å²) in [7, 11) is 0. The Morgan fingerprint density at radius 2 is 1.89 bits per heavy atom. The number of halogens is 1. The first-order valence-electron chi connectivity index (χ1n) is 6.26. The average molecular weight is 320 g/mol. The Labute approximate surface area is 122 Å². The first kappa shape index (κ1) is 14.1. The molecule has 0 spiro atoms. The van der Waals surface area contributed by atoms with Crippen LogP contribution in [0.5, 0.6) is 0 Å². The fourth-order valence-electron chi connectivity index (χ4n) is 2.05. The zero-order valence-electron chi connectivity index (χ0n) is 11.2. The fraction of sp³-hybridized carbons (Fsp3) is 0.250. The van der Waals surface area contributed by atoms with Crippen molar-refractivity contribution in [3.63, 3.8) is 0 Å². The Morgan fingerprint density at radius 3 is 2.53 bits per heavy atom. The van der Waals surface area contributed by atoms with E-state index in [1.807, 2.05) is 49.4 Å². The second-order valence-corrected chi connectivity index (χ2v) is 5.86. The minimum atomic E-state index is -0.504. The third-order valence-electron chi connectivity index (χ3n) is 3.33. The Balaban J connectivity index is 2.36. The van der Waals surface area contributed by atoms with Crippen LogP contribution in [0.2, 0.25) is 0 Å². The molecule has 0 aliphatic rings. The lowest BCUT2D eigenvalue weighted by Gasteiger charge is -2.31. The van der Waals surface area contributed by atoms with Crippen molar-refractivity contribution < 1.29 is 5.11 Å². The van der Waals surface area contributed by atoms with Gasteiger partial charge in [0, 0.05) is 10.2 Å². The maximum absolute atomic E-state index is 9.80. The lowest BCUT2D eigenvalue weighted by atomic mass is 9.92. The molecule has 2 N–H and O–H groups in total. The quantitative estimate of drug-likeness (QED) is 0.890. The predicted octanol–water partition coefficient (Wildman–Crippen LogP) is 4.08. The number of para-hydroxylation sites is 1. The van der Waals surface area contributed by atoms with Gasteiger partial charge < -0.3 is 10.4 Å². The van der Waals surface area contributed by atoms with Gasteiger partial charge in [0.2, 0.25) is 0 Å². The summed E-state index contributed by atoms with van der Waals surface area (Å²) in [6.07, 6.45) is 0. The van der Waals surface area contributed by atoms with E-state index in [0.717, 1.165) is 21.3 Å². The zero-order valence-corrected chi connectivity index (χ0v) is 12.7. The first-order chi connectivity index (χ1) is 9.05. The molecule has 0 aromatic heterocycles. The minimum Gasteiger partial charge on any atom is -0.394 e. The summed E-state index contributed by atoms with van der Waals surface area (Å²) < 4.78 is 1.01. The van der Waals surface area contributed by atoms with Gasteiger partial charge in [0.1, 0.15) is 0 Å². The summed E-state index contributed by atoms with van der Waals surface area (Å²) in [5.41, 5.74) is 2.75. The number of rotatable bonds is 4. The highest BCUT2D eigenvalue weighted by Gasteiger charge is 2.26. The molecule has 0 heterocycles. The van der Waals surface area contributed by atoms with Gasteiger partial charge in [-0.1, -0.05) is 46.3 Å². The summed E-state index contributed by atoms with van der Waals surface area (Å²) in [5.74, 6) is 0. The molecule has 19 heavy (non-hydrogen) atoms. The van der Waals surface area contributed by atoms with Crippen molar-refractivity contribution in [2.24, 2.45) is 0 Å². The third kappa shape index (κ3) is 3.17. The largest absolute Gasteiger partial charge is 0.394 e. The van der Waals surface area contributed by atoms with Crippen molar-refractivity contribution in [1.29, 1.82) is 0 Å². The van der Waals surface area contributed by atoms with E-state index in [4.69, 9.17) is 0 Å². The van der Waals surface area contributed by atoms with Crippen molar-refractivity contribution in [3.05, 3.63) is 64.1 Å². The molecule has 2 aromatic carbocycles. The number of nitrogens with one attached hydrogen (secondary N) is 1. The molecule has 0 bridgehead atoms. The normalized spacial score (nSPS) is 13.9. The highest BCUT2D eigenvalue weighted by molar-refractivity contribution is 9.10. The Bertz CT molecular complexity index is 570. The summed E-state index contributed by atoms with van der Waals surface area (Å²) in [6.45, 7) is 4.08. The first-order valence-corrected chi connectivity index (χ1v) is 7.05. The van der Waals surface area contributed by atoms with Gasteiger partial charge in [-0.05, 0) is 43.2 Å². The summed E-state index contributed by atoms with van der Waals surface area (Å²) in [5, 5.41) is 13.3. The van der Waals surface area contributed by atoms with Crippen LogP contribution in [-0.4, -0.2) is 11.7 Å². The van der Waals surface area contributed by atoms with E-state index in [2.05, 4.69) is 34.2 Å². The smallest absolute Gasteiger partial charge is 0.0828 e. The number of anilines is 1. The third-order valence-corrected chi connectivity index (χ3v) is 3.83. The highest BCUT2D eigenvalue weighted by Crippen LogP contribution is 2.29. The van der Waals surface area contributed by atoms with Crippen LogP contribution in [0.25, 0.3) is 0 Å². The maximum Gasteiger partial charge on any atom is 0.0828 e. The number of benzene rings is 2. The van der Waals surface area contributed by atoms with E-state index in [0.29, 0.717) is 0 Å². The molecule has 2 aromatic rings. The van der Waals surface area contributed by atoms with Crippen LogP contribution >= 0.6 is 15.9 Å². The minimum absolute atomic E-state index is 0.0256. The van der Waals surface area contributed by atoms with E-state index in [-0.39, 0.29) is 6.61 Å². The van der Waals surface area contributed by atoms with Gasteiger partial charge in [0.05, 0.1) is 12.1 Å². The predicted molar refractivity (Wildman–Crippen MR) is 83.4 cm³/mol. The molecule has 3 heteroatoms. The highest BCUT2D eigenvalue weighted by atomic mass is 79.9. The molecule has 100 valence electrons. The number of aliphatic hydroxyl groups is 1. The van der Waals surface area contributed by atoms with Crippen molar-refractivity contribution in [2.75, 3.05) is 11.9 Å². The van der Waals surface area contributed by atoms with E-state index < -0.39 is 5.54 Å². The average Bonchev–Trinajstić information content (AvgIpc) is 2.41. The van der Waals surface area contributed by atoms with Crippen molar-refractivity contribution >= 4 is 21.6 Å². The Hall–Kier alpha value is -1.32. The molecule has 1 atom stereocenters. The Kier molecular flexibility index (Phi) is 4.27. The number of aryl methyl sites for hydroxylation is 1. The van der Waals surface area contributed by atoms with Crippen LogP contribution in [0.1, 0.15) is 18.1 Å². The van der Waals surface area contributed by atoms with E-state index in [1.54, 1.807) is 0 Å². The second-order valence-electron chi connectivity index (χ2n) is 4.94. The molecular weight excluding hydrogens is 302 g/mol. The van der Waals surface area contributed by atoms with Gasteiger partial charge in [-0.2, -0.15) is 0 Å². The fourth-order valence-corrected chi connectivity index (χ4v) is 2.44. The zero-order chi connectivity index (χ0) is 13.9. The molecule has 0 fully saturated rings. The topological polar surface area (TPSA) is 32.3 Å². The summed E-state index contributed by atoms with van der Waals surface area (Å²) in [6, 6.07) is 16.1. The molecule has 1 unspecified atom stereocenters. The maximum atomic E-state index is 9.80. The van der Waals surface area contributed by atoms with Crippen LogP contribution in [0.15, 0.2) is 53.0 Å². The number of hydrogen-bond donors (Lipinski definition) is 2. The lowest BCUT2D eigenvalue weighted by molar-refractivity contribution is 0.224. The van der Waals surface area contributed by atoms with Crippen LogP contribution in [0.3, 0.4) is 0 Å². The van der Waals surface area contributed by atoms with Gasteiger partial charge in [-0.3, -0.25) is 0 Å². The van der Waals surface area contributed by atoms with E-state index >= 15 is 0 Å². The van der Waals surface area contributed by atoms with Crippen molar-refractivity contribution in [1.82, 2.24) is 0 Å². The summed E-state index contributed by atoms with van der Waals surface area (Å²) >= 11 is 3.47. The van der Waals surface area contributed by atoms with E-state index in [1.165, 1.54) is 0 Å². The van der Waals surface area contributed by atoms with Gasteiger partial charge in [-0.15, -0.1) is 0 Å². The van der Waals surface area contributed by atoms with Crippen LogP contribution in [0, 0.1) is 6.92 Å². The molecule has 0 saturated heterocycles. The van der Waals surface area contributed by atoms with Gasteiger partial charge in [0.25, 0.3) is 0 Å². The molecule has 0 amide bonds. The summed E-state index contributed by atoms with van der Waals surface area (Å²) in [4.78, 5) is 0. The van der Waals surface area contributed by atoms with Gasteiger partial charge >= 0.3 is 0 Å². The van der Waals surface area contributed by atoms with Crippen LogP contribution < -0.4 is 5.32 Å². The monoisotopic (exact) mass is 319 g/mol.